The molecule has 1 aliphatic heterocycles. The molecule has 1 atom stereocenters. The van der Waals surface area contributed by atoms with E-state index in [1.807, 2.05) is 0 Å². The van der Waals surface area contributed by atoms with E-state index in [1.54, 1.807) is 6.33 Å². The highest BCUT2D eigenvalue weighted by atomic mass is 127. The van der Waals surface area contributed by atoms with Gasteiger partial charge < -0.3 is 20.1 Å². The van der Waals surface area contributed by atoms with Gasteiger partial charge in [0.25, 0.3) is 0 Å². The van der Waals surface area contributed by atoms with Crippen LogP contribution < -0.4 is 10.6 Å². The predicted octanol–water partition coefficient (Wildman–Crippen LogP) is 2.39. The van der Waals surface area contributed by atoms with Crippen molar-refractivity contribution in [1.82, 2.24) is 35.2 Å². The summed E-state index contributed by atoms with van der Waals surface area (Å²) in [7, 11) is 2.22. The van der Waals surface area contributed by atoms with E-state index in [4.69, 9.17) is 4.99 Å². The van der Waals surface area contributed by atoms with E-state index in [1.165, 1.54) is 5.56 Å². The molecule has 3 rings (SSSR count). The molecule has 1 aliphatic rings. The van der Waals surface area contributed by atoms with Gasteiger partial charge in [0, 0.05) is 64.8 Å². The van der Waals surface area contributed by atoms with Crippen molar-refractivity contribution in [2.45, 2.75) is 39.3 Å². The SMILES string of the molecule is CCNC(=NCCCN1CCN(C)CC1c1ccccc1)NCCn1cnnc1CC.I. The highest BCUT2D eigenvalue weighted by molar-refractivity contribution is 14.0. The molecule has 0 aliphatic carbocycles. The molecule has 1 fully saturated rings. The van der Waals surface area contributed by atoms with Crippen LogP contribution in [0.4, 0.5) is 0 Å². The third-order valence-electron chi connectivity index (χ3n) is 5.75. The summed E-state index contributed by atoms with van der Waals surface area (Å²) in [4.78, 5) is 9.83. The molecule has 2 aromatic rings. The molecular formula is C23H39IN8. The van der Waals surface area contributed by atoms with E-state index in [9.17, 15) is 0 Å². The van der Waals surface area contributed by atoms with Crippen LogP contribution in [0.25, 0.3) is 0 Å². The second-order valence-corrected chi connectivity index (χ2v) is 8.06. The summed E-state index contributed by atoms with van der Waals surface area (Å²) >= 11 is 0. The zero-order chi connectivity index (χ0) is 21.9. The predicted molar refractivity (Wildman–Crippen MR) is 142 cm³/mol. The van der Waals surface area contributed by atoms with Gasteiger partial charge in [0.1, 0.15) is 12.2 Å². The maximum atomic E-state index is 4.79. The molecule has 0 bridgehead atoms. The highest BCUT2D eigenvalue weighted by Crippen LogP contribution is 2.24. The third kappa shape index (κ3) is 8.00. The molecule has 178 valence electrons. The minimum absolute atomic E-state index is 0. The van der Waals surface area contributed by atoms with Crippen LogP contribution in [-0.2, 0) is 13.0 Å². The Morgan fingerprint density at radius 2 is 1.94 bits per heavy atom. The number of benzene rings is 1. The Hall–Kier alpha value is -1.72. The molecule has 9 heteroatoms. The van der Waals surface area contributed by atoms with Crippen molar-refractivity contribution < 1.29 is 0 Å². The maximum Gasteiger partial charge on any atom is 0.191 e. The quantitative estimate of drug-likeness (QED) is 0.204. The Morgan fingerprint density at radius 3 is 2.69 bits per heavy atom. The van der Waals surface area contributed by atoms with Crippen LogP contribution in [0, 0.1) is 0 Å². The van der Waals surface area contributed by atoms with Crippen molar-refractivity contribution in [2.24, 2.45) is 4.99 Å². The third-order valence-corrected chi connectivity index (χ3v) is 5.75. The van der Waals surface area contributed by atoms with E-state index in [0.29, 0.717) is 6.04 Å². The van der Waals surface area contributed by atoms with Crippen LogP contribution in [0.2, 0.25) is 0 Å². The van der Waals surface area contributed by atoms with Gasteiger partial charge in [-0.25, -0.2) is 0 Å². The lowest BCUT2D eigenvalue weighted by Gasteiger charge is -2.40. The average molecular weight is 555 g/mol. The summed E-state index contributed by atoms with van der Waals surface area (Å²) in [5.74, 6) is 1.90. The van der Waals surface area contributed by atoms with Gasteiger partial charge in [0.2, 0.25) is 0 Å². The lowest BCUT2D eigenvalue weighted by Crippen LogP contribution is -2.47. The van der Waals surface area contributed by atoms with Crippen LogP contribution in [0.15, 0.2) is 41.7 Å². The molecule has 1 unspecified atom stereocenters. The number of halogens is 1. The summed E-state index contributed by atoms with van der Waals surface area (Å²) in [6.07, 6.45) is 3.74. The Morgan fingerprint density at radius 1 is 1.12 bits per heavy atom. The van der Waals surface area contributed by atoms with Crippen molar-refractivity contribution in [2.75, 3.05) is 52.9 Å². The zero-order valence-corrected chi connectivity index (χ0v) is 22.0. The fraction of sp³-hybridized carbons (Fsp3) is 0.609. The second kappa shape index (κ2) is 14.4. The van der Waals surface area contributed by atoms with Crippen molar-refractivity contribution in [1.29, 1.82) is 0 Å². The molecule has 2 heterocycles. The van der Waals surface area contributed by atoms with Gasteiger partial charge in [-0.1, -0.05) is 37.3 Å². The van der Waals surface area contributed by atoms with E-state index < -0.39 is 0 Å². The van der Waals surface area contributed by atoms with Gasteiger partial charge in [-0.3, -0.25) is 9.89 Å². The zero-order valence-electron chi connectivity index (χ0n) is 19.7. The lowest BCUT2D eigenvalue weighted by molar-refractivity contribution is 0.0894. The maximum absolute atomic E-state index is 4.79. The van der Waals surface area contributed by atoms with Gasteiger partial charge >= 0.3 is 0 Å². The molecular weight excluding hydrogens is 515 g/mol. The monoisotopic (exact) mass is 554 g/mol. The summed E-state index contributed by atoms with van der Waals surface area (Å²) in [6.45, 7) is 11.9. The largest absolute Gasteiger partial charge is 0.357 e. The standard InChI is InChI=1S/C23H38N8.HI/c1-4-22-28-27-19-31(22)15-13-26-23(24-5-2)25-12-9-14-30-17-16-29(3)18-21(30)20-10-7-6-8-11-20;/h6-8,10-11,19,21H,4-5,9,12-18H2,1-3H3,(H2,24,25,26);1H. The first-order valence-electron chi connectivity index (χ1n) is 11.6. The van der Waals surface area contributed by atoms with Crippen LogP contribution >= 0.6 is 24.0 Å². The summed E-state index contributed by atoms with van der Waals surface area (Å²) < 4.78 is 2.09. The topological polar surface area (TPSA) is 73.6 Å². The summed E-state index contributed by atoms with van der Waals surface area (Å²) in [5, 5.41) is 14.9. The first kappa shape index (κ1) is 26.5. The second-order valence-electron chi connectivity index (χ2n) is 8.06. The van der Waals surface area contributed by atoms with Crippen LogP contribution in [0.5, 0.6) is 0 Å². The number of hydrogen-bond acceptors (Lipinski definition) is 5. The van der Waals surface area contributed by atoms with Crippen LogP contribution in [0.1, 0.15) is 37.7 Å². The fourth-order valence-electron chi connectivity index (χ4n) is 4.06. The molecule has 1 saturated heterocycles. The normalized spacial score (nSPS) is 17.7. The molecule has 0 spiro atoms. The van der Waals surface area contributed by atoms with Crippen molar-refractivity contribution in [3.05, 3.63) is 48.0 Å². The van der Waals surface area contributed by atoms with Gasteiger partial charge in [0.15, 0.2) is 5.96 Å². The number of piperazine rings is 1. The van der Waals surface area contributed by atoms with Gasteiger partial charge in [0.05, 0.1) is 0 Å². The van der Waals surface area contributed by atoms with E-state index in [-0.39, 0.29) is 24.0 Å². The van der Waals surface area contributed by atoms with E-state index in [2.05, 4.69) is 86.4 Å². The Kier molecular flexibility index (Phi) is 12.0. The molecule has 2 N–H and O–H groups in total. The Labute approximate surface area is 209 Å². The number of aromatic nitrogens is 3. The van der Waals surface area contributed by atoms with Crippen LogP contribution in [0.3, 0.4) is 0 Å². The molecule has 1 aromatic carbocycles. The number of nitrogens with zero attached hydrogens (tertiary/aromatic N) is 6. The number of guanidine groups is 1. The number of hydrogen-bond donors (Lipinski definition) is 2. The van der Waals surface area contributed by atoms with Crippen molar-refractivity contribution in [3.63, 3.8) is 0 Å². The molecule has 0 amide bonds. The molecule has 32 heavy (non-hydrogen) atoms. The number of likely N-dealkylation sites (N-methyl/N-ethyl adjacent to an activating group) is 1. The van der Waals surface area contributed by atoms with Crippen molar-refractivity contribution in [3.8, 4) is 0 Å². The lowest BCUT2D eigenvalue weighted by atomic mass is 10.0. The average Bonchev–Trinajstić information content (AvgIpc) is 3.25. The van der Waals surface area contributed by atoms with Crippen LogP contribution in [-0.4, -0.2) is 83.4 Å². The summed E-state index contributed by atoms with van der Waals surface area (Å²) in [6, 6.07) is 11.3. The molecule has 8 nitrogen and oxygen atoms in total. The van der Waals surface area contributed by atoms with Gasteiger partial charge in [-0.15, -0.1) is 34.2 Å². The van der Waals surface area contributed by atoms with E-state index >= 15 is 0 Å². The minimum Gasteiger partial charge on any atom is -0.357 e. The Bertz CT molecular complexity index is 794. The van der Waals surface area contributed by atoms with Gasteiger partial charge in [-0.2, -0.15) is 0 Å². The highest BCUT2D eigenvalue weighted by Gasteiger charge is 2.25. The first-order chi connectivity index (χ1) is 15.2. The molecule has 1 aromatic heterocycles. The first-order valence-corrected chi connectivity index (χ1v) is 11.6. The minimum atomic E-state index is 0. The molecule has 0 radical (unpaired) electrons. The molecule has 0 saturated carbocycles. The number of nitrogens with one attached hydrogen (secondary N) is 2. The summed E-state index contributed by atoms with van der Waals surface area (Å²) in [5.41, 5.74) is 1.41. The fourth-order valence-corrected chi connectivity index (χ4v) is 4.06. The van der Waals surface area contributed by atoms with Crippen molar-refractivity contribution >= 4 is 29.9 Å². The number of rotatable bonds is 10. The Balaban J connectivity index is 0.00000363. The van der Waals surface area contributed by atoms with Gasteiger partial charge in [-0.05, 0) is 26.0 Å². The van der Waals surface area contributed by atoms with E-state index in [0.717, 1.165) is 77.0 Å². The number of aliphatic imine (C=N–C) groups is 1. The smallest absolute Gasteiger partial charge is 0.191 e. The number of aryl methyl sites for hydroxylation is 1.